The van der Waals surface area contributed by atoms with Crippen LogP contribution in [0.25, 0.3) is 0 Å². The topological polar surface area (TPSA) is 72.5 Å². The standard InChI is InChI=1S/C14H21N5O2/c1-17-7-12(8-17)19-5-10(3-13(19)20)14(21)18(2)6-11-4-15-9-16-11/h4,9-10,12H,3,5-8H2,1-2H3,(H,15,16). The van der Waals surface area contributed by atoms with Gasteiger partial charge in [-0.2, -0.15) is 0 Å². The number of carbonyl (C=O) groups excluding carboxylic acids is 2. The van der Waals surface area contributed by atoms with Crippen LogP contribution < -0.4 is 0 Å². The van der Waals surface area contributed by atoms with Crippen molar-refractivity contribution < 1.29 is 9.59 Å². The Morgan fingerprint density at radius 3 is 2.86 bits per heavy atom. The zero-order valence-corrected chi connectivity index (χ0v) is 12.5. The highest BCUT2D eigenvalue weighted by Crippen LogP contribution is 2.25. The fraction of sp³-hybridized carbons (Fsp3) is 0.643. The molecule has 2 saturated heterocycles. The van der Waals surface area contributed by atoms with Crippen molar-refractivity contribution in [2.24, 2.45) is 5.92 Å². The molecular weight excluding hydrogens is 270 g/mol. The highest BCUT2D eigenvalue weighted by atomic mass is 16.2. The molecule has 3 rings (SSSR count). The molecule has 7 nitrogen and oxygen atoms in total. The number of carbonyl (C=O) groups is 2. The number of aromatic nitrogens is 2. The zero-order valence-electron chi connectivity index (χ0n) is 12.5. The van der Waals surface area contributed by atoms with Crippen molar-refractivity contribution >= 4 is 11.8 Å². The van der Waals surface area contributed by atoms with E-state index in [9.17, 15) is 9.59 Å². The number of likely N-dealkylation sites (N-methyl/N-ethyl adjacent to an activating group) is 1. The molecule has 1 aromatic heterocycles. The maximum absolute atomic E-state index is 12.5. The van der Waals surface area contributed by atoms with Gasteiger partial charge < -0.3 is 19.7 Å². The van der Waals surface area contributed by atoms with E-state index in [2.05, 4.69) is 14.9 Å². The van der Waals surface area contributed by atoms with Gasteiger partial charge in [0.2, 0.25) is 11.8 Å². The SMILES string of the molecule is CN1CC(N2CC(C(=O)N(C)Cc3cnc[nH]3)CC2=O)C1. The van der Waals surface area contributed by atoms with Gasteiger partial charge in [0.1, 0.15) is 0 Å². The summed E-state index contributed by atoms with van der Waals surface area (Å²) in [5.41, 5.74) is 0.896. The first-order valence-electron chi connectivity index (χ1n) is 7.25. The average Bonchev–Trinajstić information content (AvgIpc) is 3.04. The van der Waals surface area contributed by atoms with Gasteiger partial charge in [-0.15, -0.1) is 0 Å². The molecule has 21 heavy (non-hydrogen) atoms. The number of likely N-dealkylation sites (tertiary alicyclic amines) is 2. The first-order chi connectivity index (χ1) is 10.0. The molecular formula is C14H21N5O2. The maximum atomic E-state index is 12.5. The molecule has 0 spiro atoms. The minimum Gasteiger partial charge on any atom is -0.347 e. The highest BCUT2D eigenvalue weighted by molar-refractivity contribution is 5.89. The summed E-state index contributed by atoms with van der Waals surface area (Å²) in [6.07, 6.45) is 3.65. The van der Waals surface area contributed by atoms with Crippen molar-refractivity contribution in [1.82, 2.24) is 24.7 Å². The number of hydrogen-bond donors (Lipinski definition) is 1. The highest BCUT2D eigenvalue weighted by Gasteiger charge is 2.41. The van der Waals surface area contributed by atoms with Crippen LogP contribution in [0.15, 0.2) is 12.5 Å². The van der Waals surface area contributed by atoms with E-state index >= 15 is 0 Å². The summed E-state index contributed by atoms with van der Waals surface area (Å²) < 4.78 is 0. The van der Waals surface area contributed by atoms with Crippen LogP contribution >= 0.6 is 0 Å². The number of rotatable bonds is 4. The molecule has 7 heteroatoms. The van der Waals surface area contributed by atoms with Crippen molar-refractivity contribution in [3.63, 3.8) is 0 Å². The van der Waals surface area contributed by atoms with E-state index in [1.807, 2.05) is 11.9 Å². The summed E-state index contributed by atoms with van der Waals surface area (Å²) in [6.45, 7) is 2.88. The Balaban J connectivity index is 1.57. The molecule has 1 aromatic rings. The van der Waals surface area contributed by atoms with E-state index in [1.165, 1.54) is 0 Å². The van der Waals surface area contributed by atoms with Crippen LogP contribution in [0.1, 0.15) is 12.1 Å². The van der Waals surface area contributed by atoms with Crippen molar-refractivity contribution in [1.29, 1.82) is 0 Å². The van der Waals surface area contributed by atoms with Gasteiger partial charge in [0, 0.05) is 39.3 Å². The molecule has 0 saturated carbocycles. The summed E-state index contributed by atoms with van der Waals surface area (Å²) in [7, 11) is 3.81. The van der Waals surface area contributed by atoms with Gasteiger partial charge in [-0.05, 0) is 7.05 Å². The number of amides is 2. The largest absolute Gasteiger partial charge is 0.347 e. The van der Waals surface area contributed by atoms with Crippen LogP contribution in [-0.2, 0) is 16.1 Å². The van der Waals surface area contributed by atoms with Gasteiger partial charge in [-0.25, -0.2) is 4.98 Å². The minimum absolute atomic E-state index is 0.0353. The van der Waals surface area contributed by atoms with E-state index in [4.69, 9.17) is 0 Å². The van der Waals surface area contributed by atoms with Crippen LogP contribution in [-0.4, -0.2) is 76.3 Å². The predicted molar refractivity (Wildman–Crippen MR) is 76.2 cm³/mol. The quantitative estimate of drug-likeness (QED) is 0.814. The average molecular weight is 291 g/mol. The number of H-pyrrole nitrogens is 1. The van der Waals surface area contributed by atoms with E-state index in [-0.39, 0.29) is 17.7 Å². The second kappa shape index (κ2) is 5.48. The second-order valence-electron chi connectivity index (χ2n) is 6.09. The number of imidazole rings is 1. The fourth-order valence-electron chi connectivity index (χ4n) is 3.13. The Labute approximate surface area is 123 Å². The Kier molecular flexibility index (Phi) is 3.67. The molecule has 3 heterocycles. The molecule has 0 aromatic carbocycles. The number of nitrogens with zero attached hydrogens (tertiary/aromatic N) is 4. The normalized spacial score (nSPS) is 23.4. The van der Waals surface area contributed by atoms with Crippen LogP contribution in [0.5, 0.6) is 0 Å². The number of aromatic amines is 1. The Morgan fingerprint density at radius 1 is 1.48 bits per heavy atom. The third-order valence-corrected chi connectivity index (χ3v) is 4.33. The summed E-state index contributed by atoms with van der Waals surface area (Å²) in [4.78, 5) is 37.2. The Bertz CT molecular complexity index is 523. The van der Waals surface area contributed by atoms with Gasteiger partial charge in [0.05, 0.1) is 30.5 Å². The third kappa shape index (κ3) is 2.78. The van der Waals surface area contributed by atoms with Crippen molar-refractivity contribution in [2.45, 2.75) is 19.0 Å². The smallest absolute Gasteiger partial charge is 0.228 e. The summed E-state index contributed by atoms with van der Waals surface area (Å²) in [6, 6.07) is 0.290. The van der Waals surface area contributed by atoms with Crippen molar-refractivity contribution in [3.05, 3.63) is 18.2 Å². The molecule has 1 N–H and O–H groups in total. The number of nitrogens with one attached hydrogen (secondary N) is 1. The molecule has 0 bridgehead atoms. The lowest BCUT2D eigenvalue weighted by Gasteiger charge is -2.42. The van der Waals surface area contributed by atoms with Gasteiger partial charge >= 0.3 is 0 Å². The van der Waals surface area contributed by atoms with Crippen LogP contribution in [0.3, 0.4) is 0 Å². The maximum Gasteiger partial charge on any atom is 0.228 e. The van der Waals surface area contributed by atoms with E-state index < -0.39 is 0 Å². The lowest BCUT2D eigenvalue weighted by atomic mass is 10.1. The summed E-state index contributed by atoms with van der Waals surface area (Å²) in [5, 5.41) is 0. The molecule has 2 fully saturated rings. The van der Waals surface area contributed by atoms with Crippen LogP contribution in [0.2, 0.25) is 0 Å². The van der Waals surface area contributed by atoms with Crippen molar-refractivity contribution in [2.75, 3.05) is 33.7 Å². The molecule has 1 unspecified atom stereocenters. The van der Waals surface area contributed by atoms with E-state index in [0.717, 1.165) is 18.8 Å². The lowest BCUT2D eigenvalue weighted by Crippen LogP contribution is -2.58. The van der Waals surface area contributed by atoms with Gasteiger partial charge in [-0.1, -0.05) is 0 Å². The first-order valence-corrected chi connectivity index (χ1v) is 7.25. The number of hydrogen-bond acceptors (Lipinski definition) is 4. The molecule has 1 atom stereocenters. The van der Waals surface area contributed by atoms with Crippen LogP contribution in [0, 0.1) is 5.92 Å². The van der Waals surface area contributed by atoms with Crippen molar-refractivity contribution in [3.8, 4) is 0 Å². The third-order valence-electron chi connectivity index (χ3n) is 4.33. The molecule has 0 aliphatic carbocycles. The Morgan fingerprint density at radius 2 is 2.24 bits per heavy atom. The van der Waals surface area contributed by atoms with Gasteiger partial charge in [0.25, 0.3) is 0 Å². The lowest BCUT2D eigenvalue weighted by molar-refractivity contribution is -0.135. The molecule has 2 aliphatic heterocycles. The molecule has 114 valence electrons. The predicted octanol–water partition coefficient (Wildman–Crippen LogP) is -0.469. The zero-order chi connectivity index (χ0) is 15.0. The second-order valence-corrected chi connectivity index (χ2v) is 6.09. The first kappa shape index (κ1) is 14.1. The summed E-state index contributed by atoms with van der Waals surface area (Å²) >= 11 is 0. The summed E-state index contributed by atoms with van der Waals surface area (Å²) in [5.74, 6) is -0.0640. The fourth-order valence-corrected chi connectivity index (χ4v) is 3.13. The van der Waals surface area contributed by atoms with Gasteiger partial charge in [-0.3, -0.25) is 9.59 Å². The van der Waals surface area contributed by atoms with Crippen LogP contribution in [0.4, 0.5) is 0 Å². The molecule has 2 amide bonds. The molecule has 0 radical (unpaired) electrons. The van der Waals surface area contributed by atoms with E-state index in [1.54, 1.807) is 24.5 Å². The minimum atomic E-state index is -0.212. The Hall–Kier alpha value is -1.89. The van der Waals surface area contributed by atoms with Gasteiger partial charge in [0.15, 0.2) is 0 Å². The monoisotopic (exact) mass is 291 g/mol. The van der Waals surface area contributed by atoms with E-state index in [0.29, 0.717) is 25.6 Å². The molecule has 2 aliphatic rings.